The van der Waals surface area contributed by atoms with Crippen LogP contribution >= 0.6 is 11.3 Å². The highest BCUT2D eigenvalue weighted by Gasteiger charge is 2.17. The van der Waals surface area contributed by atoms with Crippen molar-refractivity contribution in [2.45, 2.75) is 6.92 Å². The molecular weight excluding hydrogens is 256 g/mol. The lowest BCUT2D eigenvalue weighted by molar-refractivity contribution is 0.0698. The number of hydrogen-bond donors (Lipinski definition) is 2. The molecule has 0 aromatic carbocycles. The van der Waals surface area contributed by atoms with Gasteiger partial charge in [0, 0.05) is 20.2 Å². The van der Waals surface area contributed by atoms with Crippen molar-refractivity contribution in [1.82, 2.24) is 4.90 Å². The molecule has 18 heavy (non-hydrogen) atoms. The fourth-order valence-corrected chi connectivity index (χ4v) is 2.12. The number of urea groups is 1. The van der Waals surface area contributed by atoms with Crippen LogP contribution in [0.25, 0.3) is 0 Å². The maximum Gasteiger partial charge on any atom is 0.338 e. The molecule has 7 heteroatoms. The van der Waals surface area contributed by atoms with Gasteiger partial charge in [-0.3, -0.25) is 5.32 Å². The Morgan fingerprint density at radius 1 is 1.56 bits per heavy atom. The van der Waals surface area contributed by atoms with E-state index >= 15 is 0 Å². The second-order valence-corrected chi connectivity index (χ2v) is 4.39. The average molecular weight is 272 g/mol. The second kappa shape index (κ2) is 6.97. The first kappa shape index (κ1) is 14.5. The summed E-state index contributed by atoms with van der Waals surface area (Å²) in [6, 6.07) is 1.15. The SMILES string of the molecule is CCN(CCOC)C(=O)Nc1sccc1C(=O)O. The Kier molecular flexibility index (Phi) is 5.60. The van der Waals surface area contributed by atoms with Crippen LogP contribution in [0.2, 0.25) is 0 Å². The standard InChI is InChI=1S/C11H16N2O4S/c1-3-13(5-6-17-2)11(16)12-9-8(10(14)15)4-7-18-9/h4,7H,3,5-6H2,1-2H3,(H,12,16)(H,14,15). The van der Waals surface area contributed by atoms with Crippen LogP contribution < -0.4 is 5.32 Å². The smallest absolute Gasteiger partial charge is 0.338 e. The number of carboxylic acid groups (broad SMARTS) is 1. The summed E-state index contributed by atoms with van der Waals surface area (Å²) in [6.45, 7) is 3.29. The quantitative estimate of drug-likeness (QED) is 0.829. The lowest BCUT2D eigenvalue weighted by atomic mass is 10.3. The number of hydrogen-bond acceptors (Lipinski definition) is 4. The maximum atomic E-state index is 11.9. The normalized spacial score (nSPS) is 10.1. The van der Waals surface area contributed by atoms with Gasteiger partial charge < -0.3 is 14.7 Å². The van der Waals surface area contributed by atoms with Crippen LogP contribution in [0.4, 0.5) is 9.80 Å². The van der Waals surface area contributed by atoms with Crippen molar-refractivity contribution < 1.29 is 19.4 Å². The third kappa shape index (κ3) is 3.71. The van der Waals surface area contributed by atoms with Crippen molar-refractivity contribution in [2.24, 2.45) is 0 Å². The Balaban J connectivity index is 2.67. The fraction of sp³-hybridized carbons (Fsp3) is 0.455. The zero-order valence-corrected chi connectivity index (χ0v) is 11.1. The maximum absolute atomic E-state index is 11.9. The summed E-state index contributed by atoms with van der Waals surface area (Å²) >= 11 is 1.19. The number of carbonyl (C=O) groups excluding carboxylic acids is 1. The molecule has 0 saturated heterocycles. The summed E-state index contributed by atoms with van der Waals surface area (Å²) in [5.41, 5.74) is 0.108. The first-order valence-electron chi connectivity index (χ1n) is 5.45. The number of thiophene rings is 1. The van der Waals surface area contributed by atoms with Crippen LogP contribution in [0.15, 0.2) is 11.4 Å². The van der Waals surface area contributed by atoms with Crippen LogP contribution in [0.3, 0.4) is 0 Å². The van der Waals surface area contributed by atoms with E-state index in [-0.39, 0.29) is 11.6 Å². The van der Waals surface area contributed by atoms with E-state index in [4.69, 9.17) is 9.84 Å². The molecule has 0 aliphatic heterocycles. The highest BCUT2D eigenvalue weighted by molar-refractivity contribution is 7.14. The third-order valence-electron chi connectivity index (χ3n) is 2.35. The lowest BCUT2D eigenvalue weighted by Crippen LogP contribution is -2.37. The topological polar surface area (TPSA) is 78.9 Å². The van der Waals surface area contributed by atoms with Gasteiger partial charge in [0.15, 0.2) is 0 Å². The molecule has 0 fully saturated rings. The molecule has 2 N–H and O–H groups in total. The van der Waals surface area contributed by atoms with Crippen LogP contribution in [0.1, 0.15) is 17.3 Å². The van der Waals surface area contributed by atoms with Crippen molar-refractivity contribution in [2.75, 3.05) is 32.1 Å². The predicted octanol–water partition coefficient (Wildman–Crippen LogP) is 1.95. The number of ether oxygens (including phenoxy) is 1. The summed E-state index contributed by atoms with van der Waals surface area (Å²) in [7, 11) is 1.56. The number of methoxy groups -OCH3 is 1. The molecule has 100 valence electrons. The number of carboxylic acids is 1. The summed E-state index contributed by atoms with van der Waals surface area (Å²) in [4.78, 5) is 24.3. The van der Waals surface area contributed by atoms with Crippen LogP contribution in [-0.4, -0.2) is 48.8 Å². The minimum atomic E-state index is -1.05. The minimum absolute atomic E-state index is 0.108. The first-order chi connectivity index (χ1) is 8.60. The number of aromatic carboxylic acids is 1. The third-order valence-corrected chi connectivity index (χ3v) is 3.18. The number of anilines is 1. The molecule has 0 atom stereocenters. The average Bonchev–Trinajstić information content (AvgIpc) is 2.78. The van der Waals surface area contributed by atoms with E-state index < -0.39 is 5.97 Å². The molecule has 1 rings (SSSR count). The predicted molar refractivity (Wildman–Crippen MR) is 69.4 cm³/mol. The van der Waals surface area contributed by atoms with Crippen LogP contribution in [-0.2, 0) is 4.74 Å². The van der Waals surface area contributed by atoms with Gasteiger partial charge in [0.25, 0.3) is 0 Å². The Hall–Kier alpha value is -1.60. The number of rotatable bonds is 6. The molecule has 0 bridgehead atoms. The molecule has 0 aliphatic carbocycles. The Morgan fingerprint density at radius 2 is 2.28 bits per heavy atom. The molecule has 1 aromatic rings. The van der Waals surface area contributed by atoms with Crippen LogP contribution in [0.5, 0.6) is 0 Å². The van der Waals surface area contributed by atoms with E-state index in [1.807, 2.05) is 6.92 Å². The van der Waals surface area contributed by atoms with Gasteiger partial charge in [-0.2, -0.15) is 0 Å². The van der Waals surface area contributed by atoms with Gasteiger partial charge in [-0.1, -0.05) is 0 Å². The molecule has 0 unspecified atom stereocenters. The van der Waals surface area contributed by atoms with E-state index in [9.17, 15) is 9.59 Å². The largest absolute Gasteiger partial charge is 0.478 e. The summed E-state index contributed by atoms with van der Waals surface area (Å²) in [5, 5.41) is 13.5. The minimum Gasteiger partial charge on any atom is -0.478 e. The first-order valence-corrected chi connectivity index (χ1v) is 6.33. The van der Waals surface area contributed by atoms with E-state index in [0.717, 1.165) is 0 Å². The second-order valence-electron chi connectivity index (χ2n) is 3.47. The number of nitrogens with one attached hydrogen (secondary N) is 1. The van der Waals surface area contributed by atoms with Gasteiger partial charge in [-0.25, -0.2) is 9.59 Å². The Morgan fingerprint density at radius 3 is 2.83 bits per heavy atom. The van der Waals surface area contributed by atoms with E-state index in [1.54, 1.807) is 17.4 Å². The molecule has 2 amide bonds. The molecule has 0 saturated carbocycles. The summed E-state index contributed by atoms with van der Waals surface area (Å²) < 4.78 is 4.91. The zero-order chi connectivity index (χ0) is 13.5. The van der Waals surface area contributed by atoms with Crippen molar-refractivity contribution >= 4 is 28.3 Å². The fourth-order valence-electron chi connectivity index (χ4n) is 1.36. The number of nitrogens with zero attached hydrogens (tertiary/aromatic N) is 1. The summed E-state index contributed by atoms with van der Waals surface area (Å²) in [5.74, 6) is -1.05. The van der Waals surface area contributed by atoms with E-state index in [0.29, 0.717) is 24.7 Å². The number of amides is 2. The Bertz CT molecular complexity index is 419. The zero-order valence-electron chi connectivity index (χ0n) is 10.3. The van der Waals surface area contributed by atoms with Gasteiger partial charge in [0.05, 0.1) is 12.2 Å². The molecule has 0 spiro atoms. The Labute approximate surface area is 109 Å². The number of likely N-dealkylation sites (N-methyl/N-ethyl adjacent to an activating group) is 1. The highest BCUT2D eigenvalue weighted by atomic mass is 32.1. The van der Waals surface area contributed by atoms with Crippen molar-refractivity contribution in [3.05, 3.63) is 17.0 Å². The monoisotopic (exact) mass is 272 g/mol. The van der Waals surface area contributed by atoms with E-state index in [2.05, 4.69) is 5.32 Å². The summed E-state index contributed by atoms with van der Waals surface area (Å²) in [6.07, 6.45) is 0. The van der Waals surface area contributed by atoms with Gasteiger partial charge in [-0.15, -0.1) is 11.3 Å². The van der Waals surface area contributed by atoms with Crippen molar-refractivity contribution in [3.63, 3.8) is 0 Å². The molecule has 0 radical (unpaired) electrons. The van der Waals surface area contributed by atoms with Gasteiger partial charge >= 0.3 is 12.0 Å². The van der Waals surface area contributed by atoms with Crippen molar-refractivity contribution in [3.8, 4) is 0 Å². The molecule has 1 aromatic heterocycles. The van der Waals surface area contributed by atoms with Gasteiger partial charge in [-0.05, 0) is 18.4 Å². The molecule has 1 heterocycles. The van der Waals surface area contributed by atoms with Gasteiger partial charge in [0.2, 0.25) is 0 Å². The highest BCUT2D eigenvalue weighted by Crippen LogP contribution is 2.23. The molecular formula is C11H16N2O4S. The van der Waals surface area contributed by atoms with Crippen LogP contribution in [0, 0.1) is 0 Å². The van der Waals surface area contributed by atoms with E-state index in [1.165, 1.54) is 17.4 Å². The van der Waals surface area contributed by atoms with Gasteiger partial charge in [0.1, 0.15) is 5.00 Å². The molecule has 0 aliphatic rings. The van der Waals surface area contributed by atoms with Crippen molar-refractivity contribution in [1.29, 1.82) is 0 Å². The lowest BCUT2D eigenvalue weighted by Gasteiger charge is -2.20. The molecule has 6 nitrogen and oxygen atoms in total. The number of carbonyl (C=O) groups is 2.